The summed E-state index contributed by atoms with van der Waals surface area (Å²) in [7, 11) is 3.48. The minimum atomic E-state index is -0.782. The molecule has 2 nitrogen and oxygen atoms in total. The van der Waals surface area contributed by atoms with Crippen LogP contribution in [-0.4, -0.2) is 20.0 Å². The van der Waals surface area contributed by atoms with Crippen molar-refractivity contribution in [2.24, 2.45) is 5.92 Å². The van der Waals surface area contributed by atoms with E-state index in [0.29, 0.717) is 5.92 Å². The standard InChI is InChI=1S/C24H40F2O2/c1-5-7-8-9-10-11-15-21(24(6-2,27-3)28-4)16-13-12-14-20-17-18-22(25)23(26)19-20/h17-19,21H,5-16H2,1-4H3. The molecule has 162 valence electrons. The number of methoxy groups -OCH3 is 2. The van der Waals surface area contributed by atoms with Gasteiger partial charge in [0.15, 0.2) is 17.4 Å². The van der Waals surface area contributed by atoms with Crippen molar-refractivity contribution < 1.29 is 18.3 Å². The highest BCUT2D eigenvalue weighted by molar-refractivity contribution is 5.17. The second kappa shape index (κ2) is 14.1. The van der Waals surface area contributed by atoms with Crippen LogP contribution in [0.3, 0.4) is 0 Å². The molecule has 1 rings (SSSR count). The van der Waals surface area contributed by atoms with Crippen molar-refractivity contribution >= 4 is 0 Å². The first kappa shape index (κ1) is 25.0. The SMILES string of the molecule is CCCCCCCCC(CCCCc1ccc(F)c(F)c1)C(CC)(OC)OC. The van der Waals surface area contributed by atoms with Crippen LogP contribution in [0.15, 0.2) is 18.2 Å². The molecule has 28 heavy (non-hydrogen) atoms. The van der Waals surface area contributed by atoms with Crippen molar-refractivity contribution in [3.8, 4) is 0 Å². The number of ether oxygens (including phenoxy) is 2. The molecule has 1 aromatic rings. The summed E-state index contributed by atoms with van der Waals surface area (Å²) in [6.07, 6.45) is 13.4. The maximum absolute atomic E-state index is 13.4. The zero-order chi connectivity index (χ0) is 20.8. The topological polar surface area (TPSA) is 18.5 Å². The van der Waals surface area contributed by atoms with Crippen molar-refractivity contribution in [2.75, 3.05) is 14.2 Å². The monoisotopic (exact) mass is 398 g/mol. The molecular weight excluding hydrogens is 358 g/mol. The molecule has 1 aromatic carbocycles. The van der Waals surface area contributed by atoms with E-state index in [4.69, 9.17) is 9.47 Å². The van der Waals surface area contributed by atoms with Crippen LogP contribution in [0.5, 0.6) is 0 Å². The van der Waals surface area contributed by atoms with Gasteiger partial charge in [0, 0.05) is 20.1 Å². The van der Waals surface area contributed by atoms with Gasteiger partial charge in [-0.15, -0.1) is 0 Å². The van der Waals surface area contributed by atoms with E-state index in [1.165, 1.54) is 50.7 Å². The van der Waals surface area contributed by atoms with E-state index in [2.05, 4.69) is 13.8 Å². The third-order valence-corrected chi connectivity index (χ3v) is 5.96. The van der Waals surface area contributed by atoms with E-state index in [1.807, 2.05) is 0 Å². The van der Waals surface area contributed by atoms with Gasteiger partial charge in [0.05, 0.1) is 0 Å². The smallest absolute Gasteiger partial charge is 0.170 e. The lowest BCUT2D eigenvalue weighted by molar-refractivity contribution is -0.244. The van der Waals surface area contributed by atoms with Crippen molar-refractivity contribution in [2.45, 2.75) is 96.7 Å². The summed E-state index contributed by atoms with van der Waals surface area (Å²) in [6, 6.07) is 4.20. The molecule has 0 saturated heterocycles. The Bertz CT molecular complexity index is 521. The lowest BCUT2D eigenvalue weighted by Crippen LogP contribution is -2.41. The summed E-state index contributed by atoms with van der Waals surface area (Å²) >= 11 is 0. The van der Waals surface area contributed by atoms with Crippen LogP contribution in [0.25, 0.3) is 0 Å². The van der Waals surface area contributed by atoms with E-state index in [9.17, 15) is 8.78 Å². The van der Waals surface area contributed by atoms with Crippen LogP contribution in [-0.2, 0) is 15.9 Å². The average Bonchev–Trinajstić information content (AvgIpc) is 2.71. The number of rotatable bonds is 16. The number of hydrogen-bond donors (Lipinski definition) is 0. The van der Waals surface area contributed by atoms with E-state index in [1.54, 1.807) is 20.3 Å². The molecule has 0 N–H and O–H groups in total. The minimum Gasteiger partial charge on any atom is -0.353 e. The van der Waals surface area contributed by atoms with Crippen LogP contribution in [0.2, 0.25) is 0 Å². The van der Waals surface area contributed by atoms with E-state index < -0.39 is 17.4 Å². The number of benzene rings is 1. The molecule has 0 saturated carbocycles. The highest BCUT2D eigenvalue weighted by atomic mass is 19.2. The summed E-state index contributed by atoms with van der Waals surface area (Å²) in [6.45, 7) is 4.35. The van der Waals surface area contributed by atoms with Crippen molar-refractivity contribution in [3.05, 3.63) is 35.4 Å². The van der Waals surface area contributed by atoms with E-state index in [-0.39, 0.29) is 0 Å². The molecule has 1 unspecified atom stereocenters. The van der Waals surface area contributed by atoms with Crippen LogP contribution in [0, 0.1) is 17.6 Å². The van der Waals surface area contributed by atoms with Crippen LogP contribution in [0.4, 0.5) is 8.78 Å². The number of unbranched alkanes of at least 4 members (excludes halogenated alkanes) is 6. The number of halogens is 2. The zero-order valence-electron chi connectivity index (χ0n) is 18.4. The average molecular weight is 399 g/mol. The molecule has 0 bridgehead atoms. The Morgan fingerprint density at radius 3 is 2.00 bits per heavy atom. The van der Waals surface area contributed by atoms with Crippen molar-refractivity contribution in [1.82, 2.24) is 0 Å². The molecular formula is C24H40F2O2. The Labute approximate surface area is 171 Å². The second-order valence-corrected chi connectivity index (χ2v) is 7.82. The predicted octanol–water partition coefficient (Wildman–Crippen LogP) is 7.44. The second-order valence-electron chi connectivity index (χ2n) is 7.82. The largest absolute Gasteiger partial charge is 0.353 e. The van der Waals surface area contributed by atoms with Gasteiger partial charge in [-0.05, 0) is 49.8 Å². The Kier molecular flexibility index (Phi) is 12.6. The van der Waals surface area contributed by atoms with E-state index in [0.717, 1.165) is 44.1 Å². The molecule has 0 spiro atoms. The normalized spacial score (nSPS) is 13.1. The van der Waals surface area contributed by atoms with Crippen molar-refractivity contribution in [3.63, 3.8) is 0 Å². The first-order chi connectivity index (χ1) is 13.5. The maximum Gasteiger partial charge on any atom is 0.170 e. The number of hydrogen-bond acceptors (Lipinski definition) is 2. The molecule has 4 heteroatoms. The summed E-state index contributed by atoms with van der Waals surface area (Å²) in [5.74, 6) is -1.72. The van der Waals surface area contributed by atoms with Gasteiger partial charge in [-0.1, -0.05) is 64.9 Å². The highest BCUT2D eigenvalue weighted by Gasteiger charge is 2.36. The van der Waals surface area contributed by atoms with Gasteiger partial charge < -0.3 is 9.47 Å². The minimum absolute atomic E-state index is 0.351. The van der Waals surface area contributed by atoms with Gasteiger partial charge in [-0.2, -0.15) is 0 Å². The van der Waals surface area contributed by atoms with Gasteiger partial charge in [0.25, 0.3) is 0 Å². The summed E-state index contributed by atoms with van der Waals surface area (Å²) in [5, 5.41) is 0. The van der Waals surface area contributed by atoms with Gasteiger partial charge in [0.1, 0.15) is 0 Å². The van der Waals surface area contributed by atoms with Crippen LogP contribution >= 0.6 is 0 Å². The molecule has 1 atom stereocenters. The van der Waals surface area contributed by atoms with Crippen LogP contribution < -0.4 is 0 Å². The predicted molar refractivity (Wildman–Crippen MR) is 112 cm³/mol. The van der Waals surface area contributed by atoms with Gasteiger partial charge >= 0.3 is 0 Å². The maximum atomic E-state index is 13.4. The zero-order valence-corrected chi connectivity index (χ0v) is 18.4. The molecule has 0 heterocycles. The molecule has 0 amide bonds. The Morgan fingerprint density at radius 2 is 1.43 bits per heavy atom. The Morgan fingerprint density at radius 1 is 0.821 bits per heavy atom. The highest BCUT2D eigenvalue weighted by Crippen LogP contribution is 2.34. The fraction of sp³-hybridized carbons (Fsp3) is 0.750. The quantitative estimate of drug-likeness (QED) is 0.213. The molecule has 0 radical (unpaired) electrons. The Balaban J connectivity index is 2.52. The summed E-state index contributed by atoms with van der Waals surface area (Å²) < 4.78 is 38.1. The molecule has 0 aliphatic heterocycles. The molecule has 0 aromatic heterocycles. The summed E-state index contributed by atoms with van der Waals surface area (Å²) in [4.78, 5) is 0. The first-order valence-corrected chi connectivity index (χ1v) is 11.1. The van der Waals surface area contributed by atoms with Gasteiger partial charge in [-0.3, -0.25) is 0 Å². The third-order valence-electron chi connectivity index (χ3n) is 5.96. The lowest BCUT2D eigenvalue weighted by Gasteiger charge is -2.38. The van der Waals surface area contributed by atoms with Gasteiger partial charge in [0.2, 0.25) is 0 Å². The molecule has 0 fully saturated rings. The molecule has 0 aliphatic rings. The lowest BCUT2D eigenvalue weighted by atomic mass is 9.85. The number of aryl methyl sites for hydroxylation is 1. The Hall–Kier alpha value is -1.00. The third kappa shape index (κ3) is 8.16. The fourth-order valence-electron chi connectivity index (χ4n) is 4.16. The van der Waals surface area contributed by atoms with Crippen LogP contribution in [0.1, 0.15) is 90.0 Å². The van der Waals surface area contributed by atoms with E-state index >= 15 is 0 Å². The molecule has 0 aliphatic carbocycles. The fourth-order valence-corrected chi connectivity index (χ4v) is 4.16. The first-order valence-electron chi connectivity index (χ1n) is 11.1. The summed E-state index contributed by atoms with van der Waals surface area (Å²) in [5.41, 5.74) is 0.853. The van der Waals surface area contributed by atoms with Gasteiger partial charge in [-0.25, -0.2) is 8.78 Å². The van der Waals surface area contributed by atoms with Crippen molar-refractivity contribution in [1.29, 1.82) is 0 Å².